The first-order chi connectivity index (χ1) is 10.7. The molecule has 126 valence electrons. The van der Waals surface area contributed by atoms with Crippen molar-refractivity contribution in [3.63, 3.8) is 0 Å². The van der Waals surface area contributed by atoms with E-state index in [1.165, 1.54) is 6.07 Å². The summed E-state index contributed by atoms with van der Waals surface area (Å²) in [6, 6.07) is 4.58. The Morgan fingerprint density at radius 3 is 2.35 bits per heavy atom. The Bertz CT molecular complexity index is 733. The lowest BCUT2D eigenvalue weighted by Crippen LogP contribution is -2.39. The van der Waals surface area contributed by atoms with Gasteiger partial charge in [0.25, 0.3) is 5.91 Å². The van der Waals surface area contributed by atoms with Crippen LogP contribution in [0, 0.1) is 0 Å². The number of aliphatic imine (C=N–C) groups is 1. The van der Waals surface area contributed by atoms with E-state index in [9.17, 15) is 13.2 Å². The fourth-order valence-corrected chi connectivity index (χ4v) is 3.12. The van der Waals surface area contributed by atoms with Crippen molar-refractivity contribution >= 4 is 27.4 Å². The smallest absolute Gasteiger partial charge is 0.280 e. The Balaban J connectivity index is 2.46. The van der Waals surface area contributed by atoms with Gasteiger partial charge in [-0.25, -0.2) is 8.42 Å². The second-order valence-electron chi connectivity index (χ2n) is 5.65. The van der Waals surface area contributed by atoms with Crippen molar-refractivity contribution in [3.8, 4) is 0 Å². The van der Waals surface area contributed by atoms with Crippen LogP contribution in [-0.2, 0) is 9.84 Å². The van der Waals surface area contributed by atoms with Crippen LogP contribution in [0.25, 0.3) is 0 Å². The number of piperidine rings is 1. The van der Waals surface area contributed by atoms with Crippen LogP contribution in [0.5, 0.6) is 0 Å². The number of amides is 1. The summed E-state index contributed by atoms with van der Waals surface area (Å²) in [6.07, 6.45) is 2.70. The Morgan fingerprint density at radius 1 is 1.22 bits per heavy atom. The van der Waals surface area contributed by atoms with Gasteiger partial charge in [-0.05, 0) is 31.0 Å². The molecule has 1 aliphatic heterocycles. The molecule has 2 rings (SSSR count). The molecule has 0 unspecified atom stereocenters. The lowest BCUT2D eigenvalue weighted by molar-refractivity contribution is 0.100. The Kier molecular flexibility index (Phi) is 4.90. The lowest BCUT2D eigenvalue weighted by Gasteiger charge is -2.32. The minimum atomic E-state index is -3.47. The third-order valence-electron chi connectivity index (χ3n) is 3.70. The molecule has 0 aromatic heterocycles. The number of hydrogen-bond donors (Lipinski definition) is 3. The highest BCUT2D eigenvalue weighted by Gasteiger charge is 2.20. The van der Waals surface area contributed by atoms with E-state index in [1.54, 1.807) is 12.1 Å². The molecule has 1 fully saturated rings. The van der Waals surface area contributed by atoms with Gasteiger partial charge in [-0.15, -0.1) is 0 Å². The summed E-state index contributed by atoms with van der Waals surface area (Å²) < 4.78 is 23.8. The summed E-state index contributed by atoms with van der Waals surface area (Å²) in [5.74, 6) is -1.05. The number of hydrogen-bond acceptors (Lipinski definition) is 5. The molecule has 8 nitrogen and oxygen atoms in total. The molecule has 1 saturated heterocycles. The highest BCUT2D eigenvalue weighted by atomic mass is 32.2. The first kappa shape index (κ1) is 17.2. The average Bonchev–Trinajstić information content (AvgIpc) is 2.46. The molecular formula is C14H21N5O3S. The molecule has 0 aliphatic carbocycles. The largest absolute Gasteiger partial charge is 0.371 e. The minimum absolute atomic E-state index is 0.0546. The second-order valence-corrected chi connectivity index (χ2v) is 7.67. The summed E-state index contributed by atoms with van der Waals surface area (Å²) in [5, 5.41) is 0. The van der Waals surface area contributed by atoms with Crippen molar-refractivity contribution in [2.45, 2.75) is 23.8 Å². The van der Waals surface area contributed by atoms with Crippen LogP contribution in [-0.4, -0.2) is 45.7 Å². The van der Waals surface area contributed by atoms with Crippen molar-refractivity contribution < 1.29 is 13.2 Å². The van der Waals surface area contributed by atoms with Crippen LogP contribution >= 0.6 is 0 Å². The highest BCUT2D eigenvalue weighted by molar-refractivity contribution is 7.90. The van der Waals surface area contributed by atoms with Gasteiger partial charge >= 0.3 is 0 Å². The van der Waals surface area contributed by atoms with Gasteiger partial charge in [0.2, 0.25) is 0 Å². The summed E-state index contributed by atoms with van der Waals surface area (Å²) in [6.45, 7) is 1.40. The van der Waals surface area contributed by atoms with Crippen molar-refractivity contribution in [1.82, 2.24) is 0 Å². The number of benzene rings is 1. The maximum absolute atomic E-state index is 12.0. The molecule has 0 atom stereocenters. The fraction of sp³-hybridized carbons (Fsp3) is 0.429. The van der Waals surface area contributed by atoms with Crippen molar-refractivity contribution in [2.24, 2.45) is 22.2 Å². The first-order valence-corrected chi connectivity index (χ1v) is 9.05. The van der Waals surface area contributed by atoms with Crippen LogP contribution in [0.1, 0.15) is 23.2 Å². The molecule has 1 aromatic carbocycles. The molecule has 1 heterocycles. The summed E-state index contributed by atoms with van der Waals surface area (Å²) in [4.78, 5) is 17.6. The Hall–Kier alpha value is -2.13. The van der Waals surface area contributed by atoms with Gasteiger partial charge < -0.3 is 22.1 Å². The number of nitrogens with two attached hydrogens (primary N) is 3. The average molecular weight is 339 g/mol. The van der Waals surface area contributed by atoms with E-state index in [1.807, 2.05) is 4.90 Å². The summed E-state index contributed by atoms with van der Waals surface area (Å²) >= 11 is 0. The third kappa shape index (κ3) is 4.42. The summed E-state index contributed by atoms with van der Waals surface area (Å²) in [5.41, 5.74) is 17.1. The van der Waals surface area contributed by atoms with Crippen LogP contribution < -0.4 is 22.1 Å². The third-order valence-corrected chi connectivity index (χ3v) is 4.79. The number of anilines is 1. The second kappa shape index (κ2) is 6.55. The first-order valence-electron chi connectivity index (χ1n) is 7.16. The topological polar surface area (TPSA) is 145 Å². The van der Waals surface area contributed by atoms with E-state index in [-0.39, 0.29) is 22.5 Å². The van der Waals surface area contributed by atoms with Crippen LogP contribution in [0.3, 0.4) is 0 Å². The van der Waals surface area contributed by atoms with Gasteiger partial charge in [-0.3, -0.25) is 4.79 Å². The predicted molar refractivity (Wildman–Crippen MR) is 89.1 cm³/mol. The normalized spacial score (nSPS) is 16.2. The Labute approximate surface area is 135 Å². The van der Waals surface area contributed by atoms with Gasteiger partial charge in [-0.1, -0.05) is 0 Å². The lowest BCUT2D eigenvalue weighted by atomic mass is 10.0. The van der Waals surface area contributed by atoms with Gasteiger partial charge in [0.1, 0.15) is 0 Å². The highest BCUT2D eigenvalue weighted by Crippen LogP contribution is 2.25. The molecular weight excluding hydrogens is 318 g/mol. The zero-order valence-electron chi connectivity index (χ0n) is 12.9. The number of carbonyl (C=O) groups is 1. The number of nitrogens with zero attached hydrogens (tertiary/aromatic N) is 2. The van der Waals surface area contributed by atoms with Crippen LogP contribution in [0.15, 0.2) is 28.1 Å². The molecule has 1 amide bonds. The minimum Gasteiger partial charge on any atom is -0.371 e. The van der Waals surface area contributed by atoms with Crippen molar-refractivity contribution in [1.29, 1.82) is 0 Å². The van der Waals surface area contributed by atoms with Gasteiger partial charge in [0.05, 0.1) is 4.90 Å². The quantitative estimate of drug-likeness (QED) is 0.494. The number of sulfone groups is 1. The standard InChI is InChI=1S/C14H21N5O3S/c1-23(21,22)12-7-9(13(20)18-14(16)17)6-11(8-12)19-4-2-10(15)3-5-19/h6-8,10H,2-5,15H2,1H3,(H4,16,17,18,20). The monoisotopic (exact) mass is 339 g/mol. The number of rotatable bonds is 3. The molecule has 6 N–H and O–H groups in total. The summed E-state index contributed by atoms with van der Waals surface area (Å²) in [7, 11) is -3.47. The molecule has 0 saturated carbocycles. The maximum Gasteiger partial charge on any atom is 0.280 e. The van der Waals surface area contributed by atoms with Crippen molar-refractivity contribution in [2.75, 3.05) is 24.2 Å². The van der Waals surface area contributed by atoms with E-state index in [0.29, 0.717) is 18.8 Å². The van der Waals surface area contributed by atoms with E-state index in [4.69, 9.17) is 17.2 Å². The van der Waals surface area contributed by atoms with Crippen molar-refractivity contribution in [3.05, 3.63) is 23.8 Å². The zero-order valence-corrected chi connectivity index (χ0v) is 13.7. The molecule has 9 heteroatoms. The maximum atomic E-state index is 12.0. The number of guanidine groups is 1. The molecule has 0 radical (unpaired) electrons. The van der Waals surface area contributed by atoms with Gasteiger partial charge in [0.15, 0.2) is 15.8 Å². The van der Waals surface area contributed by atoms with E-state index in [2.05, 4.69) is 4.99 Å². The van der Waals surface area contributed by atoms with Gasteiger partial charge in [0, 0.05) is 36.6 Å². The van der Waals surface area contributed by atoms with Gasteiger partial charge in [-0.2, -0.15) is 4.99 Å². The molecule has 1 aromatic rings. The fourth-order valence-electron chi connectivity index (χ4n) is 2.44. The zero-order chi connectivity index (χ0) is 17.2. The molecule has 0 bridgehead atoms. The van der Waals surface area contributed by atoms with Crippen LogP contribution in [0.4, 0.5) is 5.69 Å². The number of carbonyl (C=O) groups excluding carboxylic acids is 1. The van der Waals surface area contributed by atoms with E-state index < -0.39 is 15.7 Å². The van der Waals surface area contributed by atoms with Crippen LogP contribution in [0.2, 0.25) is 0 Å². The molecule has 23 heavy (non-hydrogen) atoms. The predicted octanol–water partition coefficient (Wildman–Crippen LogP) is -0.569. The SMILES string of the molecule is CS(=O)(=O)c1cc(C(=O)N=C(N)N)cc(N2CCC(N)CC2)c1. The Morgan fingerprint density at radius 2 is 1.83 bits per heavy atom. The molecule has 1 aliphatic rings. The molecule has 0 spiro atoms. The van der Waals surface area contributed by atoms with E-state index in [0.717, 1.165) is 19.1 Å². The van der Waals surface area contributed by atoms with E-state index >= 15 is 0 Å².